The zero-order valence-corrected chi connectivity index (χ0v) is 67.5. The smallest absolute Gasteiger partial charge is 0.462 e. The highest BCUT2D eigenvalue weighted by Gasteiger charge is 2.30. The van der Waals surface area contributed by atoms with Crippen molar-refractivity contribution in [2.45, 2.75) is 412 Å². The molecule has 0 fully saturated rings. The number of hydrogen-bond donors (Lipinski definition) is 3. The highest BCUT2D eigenvalue weighted by Crippen LogP contribution is 2.45. The minimum atomic E-state index is -4.97. The van der Waals surface area contributed by atoms with Crippen LogP contribution in [0.3, 0.4) is 0 Å². The summed E-state index contributed by atoms with van der Waals surface area (Å²) >= 11 is 0. The van der Waals surface area contributed by atoms with Gasteiger partial charge in [-0.2, -0.15) is 0 Å². The van der Waals surface area contributed by atoms with Gasteiger partial charge in [-0.05, 0) is 83.0 Å². The Morgan fingerprint density at radius 2 is 0.529 bits per heavy atom. The Labute approximate surface area is 623 Å². The Bertz CT molecular complexity index is 2130. The van der Waals surface area contributed by atoms with E-state index in [1.807, 2.05) is 0 Å². The van der Waals surface area contributed by atoms with Crippen molar-refractivity contribution in [3.05, 3.63) is 48.6 Å². The number of hydrogen-bond acceptors (Lipinski definition) is 15. The van der Waals surface area contributed by atoms with Crippen molar-refractivity contribution in [2.75, 3.05) is 39.6 Å². The van der Waals surface area contributed by atoms with E-state index >= 15 is 0 Å². The molecule has 3 N–H and O–H groups in total. The van der Waals surface area contributed by atoms with E-state index < -0.39 is 97.5 Å². The van der Waals surface area contributed by atoms with Gasteiger partial charge in [-0.15, -0.1) is 0 Å². The molecule has 0 saturated heterocycles. The van der Waals surface area contributed by atoms with Gasteiger partial charge in [0.25, 0.3) is 0 Å². The van der Waals surface area contributed by atoms with Gasteiger partial charge >= 0.3 is 39.5 Å². The maximum Gasteiger partial charge on any atom is 0.472 e. The molecule has 0 aliphatic heterocycles. The number of esters is 4. The van der Waals surface area contributed by atoms with Crippen LogP contribution in [0.5, 0.6) is 0 Å². The second-order valence-electron chi connectivity index (χ2n) is 29.0. The van der Waals surface area contributed by atoms with Crippen molar-refractivity contribution in [3.8, 4) is 0 Å². The van der Waals surface area contributed by atoms with Crippen LogP contribution < -0.4 is 0 Å². The van der Waals surface area contributed by atoms with Gasteiger partial charge in [-0.3, -0.25) is 37.3 Å². The Morgan fingerprint density at radius 3 is 0.804 bits per heavy atom. The summed E-state index contributed by atoms with van der Waals surface area (Å²) in [6, 6.07) is 0. The Hall–Kier alpha value is -2.98. The van der Waals surface area contributed by atoms with E-state index in [-0.39, 0.29) is 25.7 Å². The van der Waals surface area contributed by atoms with Crippen LogP contribution in [0.25, 0.3) is 0 Å². The number of unbranched alkanes of at least 4 members (excludes halogenated alkanes) is 45. The first kappa shape index (κ1) is 99.0. The van der Waals surface area contributed by atoms with Crippen LogP contribution in [0.4, 0.5) is 0 Å². The number of phosphoric ester groups is 2. The molecule has 0 aliphatic rings. The van der Waals surface area contributed by atoms with Crippen LogP contribution in [0.1, 0.15) is 394 Å². The van der Waals surface area contributed by atoms with Gasteiger partial charge in [0.2, 0.25) is 0 Å². The third-order valence-corrected chi connectivity index (χ3v) is 20.2. The Morgan fingerprint density at radius 1 is 0.304 bits per heavy atom. The lowest BCUT2D eigenvalue weighted by Crippen LogP contribution is -2.30. The van der Waals surface area contributed by atoms with E-state index in [1.54, 1.807) is 0 Å². The second-order valence-corrected chi connectivity index (χ2v) is 31.9. The normalized spacial score (nSPS) is 14.1. The Balaban J connectivity index is 5.31. The van der Waals surface area contributed by atoms with Gasteiger partial charge in [-0.25, -0.2) is 9.13 Å². The average molecular weight is 1490 g/mol. The molecule has 0 heterocycles. The topological polar surface area (TPSA) is 237 Å². The summed E-state index contributed by atoms with van der Waals surface area (Å²) < 4.78 is 68.7. The van der Waals surface area contributed by atoms with Gasteiger partial charge in [0.05, 0.1) is 26.4 Å². The number of carbonyl (C=O) groups excluding carboxylic acids is 4. The first-order valence-corrected chi connectivity index (χ1v) is 44.8. The van der Waals surface area contributed by atoms with Crippen LogP contribution in [0.15, 0.2) is 48.6 Å². The van der Waals surface area contributed by atoms with Crippen LogP contribution in [-0.2, 0) is 65.4 Å². The number of rotatable bonds is 79. The lowest BCUT2D eigenvalue weighted by Gasteiger charge is -2.21. The zero-order chi connectivity index (χ0) is 74.8. The first-order chi connectivity index (χ1) is 49.5. The minimum Gasteiger partial charge on any atom is -0.462 e. The molecule has 0 spiro atoms. The van der Waals surface area contributed by atoms with Crippen molar-refractivity contribution in [1.82, 2.24) is 0 Å². The third kappa shape index (κ3) is 75.3. The molecule has 0 amide bonds. The summed E-state index contributed by atoms with van der Waals surface area (Å²) in [5.41, 5.74) is 0. The van der Waals surface area contributed by atoms with Crippen molar-refractivity contribution < 1.29 is 80.2 Å². The number of ether oxygens (including phenoxy) is 4. The lowest BCUT2D eigenvalue weighted by molar-refractivity contribution is -0.161. The van der Waals surface area contributed by atoms with Gasteiger partial charge in [0.15, 0.2) is 12.2 Å². The molecular weight excluding hydrogens is 1330 g/mol. The molecule has 19 heteroatoms. The average Bonchev–Trinajstić information content (AvgIpc) is 0.941. The van der Waals surface area contributed by atoms with Crippen molar-refractivity contribution in [2.24, 2.45) is 5.92 Å². The molecule has 0 radical (unpaired) electrons. The molecule has 102 heavy (non-hydrogen) atoms. The summed E-state index contributed by atoms with van der Waals surface area (Å²) in [6.07, 6.45) is 72.4. The number of carbonyl (C=O) groups is 4. The molecule has 0 aromatic heterocycles. The van der Waals surface area contributed by atoms with Crippen molar-refractivity contribution in [1.29, 1.82) is 0 Å². The van der Waals surface area contributed by atoms with Gasteiger partial charge in [0.1, 0.15) is 19.3 Å². The molecule has 0 bridgehead atoms. The molecule has 0 rings (SSSR count). The molecule has 5 atom stereocenters. The van der Waals surface area contributed by atoms with Gasteiger partial charge in [-0.1, -0.05) is 340 Å². The summed E-state index contributed by atoms with van der Waals surface area (Å²) in [7, 11) is -9.95. The van der Waals surface area contributed by atoms with E-state index in [1.165, 1.54) is 186 Å². The van der Waals surface area contributed by atoms with Crippen LogP contribution in [0, 0.1) is 5.92 Å². The fraction of sp³-hybridized carbons (Fsp3) is 0.855. The van der Waals surface area contributed by atoms with Gasteiger partial charge < -0.3 is 33.8 Å². The largest absolute Gasteiger partial charge is 0.472 e. The SMILES string of the molecule is CCCCCC/C=C\C=C/CCCCCCCC(=O)OC[C@H](COP(=O)(O)OC[C@@H](O)COP(=O)(O)OC[C@@H](COC(=O)CCCCCCCCCCCC(C)C)OC(=O)CCCCCCC/C=C\C=C/CCCCCC)OC(=O)CCCCCCCCCCCCCCCCCCCCCC. The predicted octanol–water partition coefficient (Wildman–Crippen LogP) is 24.3. The van der Waals surface area contributed by atoms with Crippen molar-refractivity contribution in [3.63, 3.8) is 0 Å². The first-order valence-electron chi connectivity index (χ1n) is 41.8. The molecular formula is C83H154O17P2. The standard InChI is InChI=1S/C83H154O17P2/c1-6-9-12-15-18-21-24-27-30-31-32-33-34-37-40-43-48-54-59-64-69-83(88)99-78(72-93-80(85)66-61-56-51-46-41-38-35-28-25-22-19-16-13-10-7-2)74-97-101(89,90)95-70-77(84)71-96-102(91,92)98-75-79(73-94-81(86)67-62-57-52-49-44-45-50-55-60-65-76(4)5)100-82(87)68-63-58-53-47-42-39-36-29-26-23-20-17-14-11-8-3/h22-23,25-26,28-29,35-36,76-79,84H,6-21,24,27,30-34,37-75H2,1-5H3,(H,89,90)(H,91,92)/b25-22-,26-23-,35-28-,36-29-/t77-,78-,79-/m1/s1. The Kier molecular flexibility index (Phi) is 72.7. The lowest BCUT2D eigenvalue weighted by atomic mass is 10.0. The van der Waals surface area contributed by atoms with E-state index in [4.69, 9.17) is 37.0 Å². The number of allylic oxidation sites excluding steroid dienone is 8. The van der Waals surface area contributed by atoms with E-state index in [0.29, 0.717) is 25.7 Å². The quantitative estimate of drug-likeness (QED) is 0.0169. The molecule has 0 aromatic rings. The third-order valence-electron chi connectivity index (χ3n) is 18.3. The van der Waals surface area contributed by atoms with Crippen molar-refractivity contribution >= 4 is 39.5 Å². The minimum absolute atomic E-state index is 0.0826. The molecule has 598 valence electrons. The predicted molar refractivity (Wildman–Crippen MR) is 418 cm³/mol. The van der Waals surface area contributed by atoms with Crippen LogP contribution in [-0.4, -0.2) is 96.7 Å². The highest BCUT2D eigenvalue weighted by atomic mass is 31.2. The number of aliphatic hydroxyl groups is 1. The number of phosphoric acid groups is 2. The second kappa shape index (κ2) is 74.9. The summed E-state index contributed by atoms with van der Waals surface area (Å²) in [6.45, 7) is 7.18. The molecule has 2 unspecified atom stereocenters. The molecule has 0 aliphatic carbocycles. The fourth-order valence-electron chi connectivity index (χ4n) is 11.9. The number of aliphatic hydroxyl groups excluding tert-OH is 1. The molecule has 0 saturated carbocycles. The molecule has 0 aromatic carbocycles. The van der Waals surface area contributed by atoms with Gasteiger partial charge in [0, 0.05) is 25.7 Å². The summed E-state index contributed by atoms with van der Waals surface area (Å²) in [5.74, 6) is -1.43. The van der Waals surface area contributed by atoms with E-state index in [0.717, 1.165) is 128 Å². The van der Waals surface area contributed by atoms with E-state index in [2.05, 4.69) is 83.2 Å². The van der Waals surface area contributed by atoms with E-state index in [9.17, 15) is 43.2 Å². The molecule has 17 nitrogen and oxygen atoms in total. The highest BCUT2D eigenvalue weighted by molar-refractivity contribution is 7.47. The summed E-state index contributed by atoms with van der Waals surface area (Å²) in [4.78, 5) is 73.1. The summed E-state index contributed by atoms with van der Waals surface area (Å²) in [5, 5.41) is 10.6. The fourth-order valence-corrected chi connectivity index (χ4v) is 13.4. The zero-order valence-electron chi connectivity index (χ0n) is 65.7. The van der Waals surface area contributed by atoms with Crippen LogP contribution >= 0.6 is 15.6 Å². The monoisotopic (exact) mass is 1490 g/mol. The maximum atomic E-state index is 13.1. The maximum absolute atomic E-state index is 13.1. The van der Waals surface area contributed by atoms with Crippen LogP contribution in [0.2, 0.25) is 0 Å².